The Morgan fingerprint density at radius 2 is 1.69 bits per heavy atom. The molecule has 0 radical (unpaired) electrons. The number of nitrogens with two attached hydrogens (primary N) is 2. The average molecular weight is 446 g/mol. The maximum Gasteiger partial charge on any atom is 0.326 e. The van der Waals surface area contributed by atoms with Crippen LogP contribution in [-0.2, 0) is 32.0 Å². The monoisotopic (exact) mass is 446 g/mol. The fraction of sp³-hybridized carbons (Fsp3) is 0.350. The molecule has 32 heavy (non-hydrogen) atoms. The summed E-state index contributed by atoms with van der Waals surface area (Å²) in [5.74, 6) is -3.35. The third kappa shape index (κ3) is 7.72. The Bertz CT molecular complexity index is 931. The van der Waals surface area contributed by atoms with E-state index < -0.39 is 41.8 Å². The molecule has 0 saturated carbocycles. The van der Waals surface area contributed by atoms with Crippen molar-refractivity contribution >= 4 is 23.7 Å². The molecule has 9 N–H and O–H groups in total. The molecule has 1 aromatic heterocycles. The van der Waals surface area contributed by atoms with Gasteiger partial charge in [0.2, 0.25) is 17.7 Å². The fourth-order valence-corrected chi connectivity index (χ4v) is 2.90. The molecule has 0 unspecified atom stereocenters. The van der Waals surface area contributed by atoms with Gasteiger partial charge in [0, 0.05) is 24.7 Å². The summed E-state index contributed by atoms with van der Waals surface area (Å²) >= 11 is 0. The maximum atomic E-state index is 12.7. The molecule has 0 fully saturated rings. The number of phenols is 1. The lowest BCUT2D eigenvalue weighted by molar-refractivity contribution is -0.142. The van der Waals surface area contributed by atoms with E-state index in [2.05, 4.69) is 20.6 Å². The van der Waals surface area contributed by atoms with E-state index >= 15 is 0 Å². The number of benzene rings is 1. The molecule has 12 heteroatoms. The number of nitrogens with zero attached hydrogens (tertiary/aromatic N) is 1. The Labute approximate surface area is 183 Å². The van der Waals surface area contributed by atoms with Gasteiger partial charge in [-0.15, -0.1) is 0 Å². The van der Waals surface area contributed by atoms with Crippen LogP contribution in [0.2, 0.25) is 0 Å². The van der Waals surface area contributed by atoms with Gasteiger partial charge in [0.25, 0.3) is 0 Å². The topological polar surface area (TPSA) is 214 Å². The number of aromatic amines is 1. The van der Waals surface area contributed by atoms with Crippen molar-refractivity contribution < 1.29 is 29.4 Å². The quantitative estimate of drug-likeness (QED) is 0.204. The third-order valence-electron chi connectivity index (χ3n) is 4.63. The number of H-pyrrole nitrogens is 1. The van der Waals surface area contributed by atoms with Crippen molar-refractivity contribution in [1.82, 2.24) is 20.6 Å². The number of hydrogen-bond donors (Lipinski definition) is 7. The molecule has 3 amide bonds. The predicted octanol–water partition coefficient (Wildman–Crippen LogP) is -1.45. The number of hydrogen-bond acceptors (Lipinski definition) is 7. The summed E-state index contributed by atoms with van der Waals surface area (Å²) in [7, 11) is 0. The lowest BCUT2D eigenvalue weighted by Gasteiger charge is -2.22. The number of aliphatic carboxylic acids is 1. The lowest BCUT2D eigenvalue weighted by Crippen LogP contribution is -2.55. The van der Waals surface area contributed by atoms with Gasteiger partial charge in [-0.2, -0.15) is 0 Å². The standard InChI is InChI=1S/C20H26N6O6/c21-14(7-11-1-3-13(27)4-2-11)18(29)25-15(5-6-17(22)28)19(30)26-16(20(31)32)8-12-9-23-10-24-12/h1-4,9-10,14-16,27H,5-8,21H2,(H2,22,28)(H,23,24)(H,25,29)(H,26,30)(H,31,32)/t14-,15-,16-/m0/s1. The van der Waals surface area contributed by atoms with Crippen molar-refractivity contribution in [1.29, 1.82) is 0 Å². The number of carboxylic acids is 1. The molecule has 2 aromatic rings. The lowest BCUT2D eigenvalue weighted by atomic mass is 10.0. The molecule has 0 bridgehead atoms. The Balaban J connectivity index is 2.04. The van der Waals surface area contributed by atoms with Gasteiger partial charge in [0.05, 0.1) is 12.4 Å². The number of aromatic nitrogens is 2. The molecule has 1 heterocycles. The Kier molecular flexibility index (Phi) is 8.72. The minimum atomic E-state index is -1.29. The van der Waals surface area contributed by atoms with E-state index in [-0.39, 0.29) is 31.4 Å². The van der Waals surface area contributed by atoms with Crippen LogP contribution in [0.1, 0.15) is 24.1 Å². The highest BCUT2D eigenvalue weighted by Crippen LogP contribution is 2.11. The molecular formula is C20H26N6O6. The van der Waals surface area contributed by atoms with Crippen LogP contribution in [0.25, 0.3) is 0 Å². The van der Waals surface area contributed by atoms with E-state index in [9.17, 15) is 29.4 Å². The highest BCUT2D eigenvalue weighted by Gasteiger charge is 2.28. The first-order valence-electron chi connectivity index (χ1n) is 9.78. The Morgan fingerprint density at radius 1 is 1.03 bits per heavy atom. The molecule has 0 aliphatic heterocycles. The zero-order chi connectivity index (χ0) is 23.7. The van der Waals surface area contributed by atoms with Crippen molar-refractivity contribution in [2.45, 2.75) is 43.8 Å². The average Bonchev–Trinajstić information content (AvgIpc) is 3.24. The Morgan fingerprint density at radius 3 is 2.25 bits per heavy atom. The van der Waals surface area contributed by atoms with Crippen molar-refractivity contribution in [3.05, 3.63) is 48.0 Å². The van der Waals surface area contributed by atoms with Crippen LogP contribution in [0.15, 0.2) is 36.8 Å². The molecule has 2 rings (SSSR count). The van der Waals surface area contributed by atoms with Crippen LogP contribution in [0.4, 0.5) is 0 Å². The summed E-state index contributed by atoms with van der Waals surface area (Å²) < 4.78 is 0. The summed E-state index contributed by atoms with van der Waals surface area (Å²) in [6.07, 6.45) is 2.54. The normalized spacial score (nSPS) is 13.5. The fourth-order valence-electron chi connectivity index (χ4n) is 2.90. The van der Waals surface area contributed by atoms with Gasteiger partial charge in [0.1, 0.15) is 17.8 Å². The number of phenolic OH excluding ortho intramolecular Hbond substituents is 1. The largest absolute Gasteiger partial charge is 0.508 e. The maximum absolute atomic E-state index is 12.7. The SMILES string of the molecule is NC(=O)CC[C@H](NC(=O)[C@@H](N)Cc1ccc(O)cc1)C(=O)N[C@@H](Cc1cnc[nH]1)C(=O)O. The molecule has 0 spiro atoms. The summed E-state index contributed by atoms with van der Waals surface area (Å²) in [5, 5.41) is 23.6. The van der Waals surface area contributed by atoms with Gasteiger partial charge >= 0.3 is 5.97 Å². The summed E-state index contributed by atoms with van der Waals surface area (Å²) in [5.41, 5.74) is 12.3. The van der Waals surface area contributed by atoms with Gasteiger partial charge in [-0.05, 0) is 30.5 Å². The second-order valence-corrected chi connectivity index (χ2v) is 7.22. The van der Waals surface area contributed by atoms with Crippen LogP contribution in [-0.4, -0.2) is 62.0 Å². The van der Waals surface area contributed by atoms with Crippen LogP contribution >= 0.6 is 0 Å². The van der Waals surface area contributed by atoms with E-state index in [1.165, 1.54) is 24.7 Å². The third-order valence-corrected chi connectivity index (χ3v) is 4.63. The second-order valence-electron chi connectivity index (χ2n) is 7.22. The molecule has 1 aromatic carbocycles. The van der Waals surface area contributed by atoms with Crippen molar-refractivity contribution in [2.75, 3.05) is 0 Å². The van der Waals surface area contributed by atoms with Crippen LogP contribution in [0.5, 0.6) is 5.75 Å². The minimum absolute atomic E-state index is 0.0576. The van der Waals surface area contributed by atoms with Crippen LogP contribution in [0, 0.1) is 0 Å². The number of carbonyl (C=O) groups is 4. The second kappa shape index (κ2) is 11.5. The van der Waals surface area contributed by atoms with Crippen molar-refractivity contribution in [3.63, 3.8) is 0 Å². The first kappa shape index (κ1) is 24.3. The zero-order valence-electron chi connectivity index (χ0n) is 17.2. The van der Waals surface area contributed by atoms with E-state index in [0.29, 0.717) is 11.3 Å². The number of amides is 3. The van der Waals surface area contributed by atoms with Gasteiger partial charge in [-0.1, -0.05) is 12.1 Å². The molecule has 0 aliphatic carbocycles. The molecule has 12 nitrogen and oxygen atoms in total. The number of carboxylic acid groups (broad SMARTS) is 1. The summed E-state index contributed by atoms with van der Waals surface area (Å²) in [6.45, 7) is 0. The van der Waals surface area contributed by atoms with E-state index in [1.54, 1.807) is 12.1 Å². The number of nitrogens with one attached hydrogen (secondary N) is 3. The number of rotatable bonds is 12. The van der Waals surface area contributed by atoms with Crippen LogP contribution < -0.4 is 22.1 Å². The molecule has 172 valence electrons. The first-order chi connectivity index (χ1) is 15.2. The summed E-state index contributed by atoms with van der Waals surface area (Å²) in [6, 6.07) is 2.58. The smallest absolute Gasteiger partial charge is 0.326 e. The summed E-state index contributed by atoms with van der Waals surface area (Å²) in [4.78, 5) is 54.5. The number of imidazole rings is 1. The molecular weight excluding hydrogens is 420 g/mol. The predicted molar refractivity (Wildman–Crippen MR) is 112 cm³/mol. The van der Waals surface area contributed by atoms with Gasteiger partial charge in [0.15, 0.2) is 0 Å². The zero-order valence-corrected chi connectivity index (χ0v) is 17.2. The van der Waals surface area contributed by atoms with Crippen molar-refractivity contribution in [3.8, 4) is 5.75 Å². The van der Waals surface area contributed by atoms with Crippen molar-refractivity contribution in [2.24, 2.45) is 11.5 Å². The highest BCUT2D eigenvalue weighted by molar-refractivity contribution is 5.92. The van der Waals surface area contributed by atoms with Gasteiger partial charge < -0.3 is 37.3 Å². The number of aromatic hydroxyl groups is 1. The number of carbonyl (C=O) groups excluding carboxylic acids is 3. The highest BCUT2D eigenvalue weighted by atomic mass is 16.4. The van der Waals surface area contributed by atoms with Gasteiger partial charge in [-0.3, -0.25) is 14.4 Å². The van der Waals surface area contributed by atoms with E-state index in [1.807, 2.05) is 0 Å². The van der Waals surface area contributed by atoms with E-state index in [0.717, 1.165) is 0 Å². The first-order valence-corrected chi connectivity index (χ1v) is 9.78. The molecule has 3 atom stereocenters. The minimum Gasteiger partial charge on any atom is -0.508 e. The van der Waals surface area contributed by atoms with Crippen LogP contribution in [0.3, 0.4) is 0 Å². The molecule has 0 aliphatic rings. The molecule has 0 saturated heterocycles. The van der Waals surface area contributed by atoms with E-state index in [4.69, 9.17) is 11.5 Å². The Hall–Kier alpha value is -3.93. The van der Waals surface area contributed by atoms with Gasteiger partial charge in [-0.25, -0.2) is 9.78 Å². The number of primary amides is 1.